The third-order valence-electron chi connectivity index (χ3n) is 1.78. The molecular weight excluding hydrogens is 370 g/mol. The Hall–Kier alpha value is -1.70. The van der Waals surface area contributed by atoms with Crippen LogP contribution in [0.25, 0.3) is 0 Å². The van der Waals surface area contributed by atoms with Gasteiger partial charge in [-0.1, -0.05) is 6.07 Å². The van der Waals surface area contributed by atoms with Gasteiger partial charge < -0.3 is 8.37 Å². The average Bonchev–Trinajstić information content (AvgIpc) is 2.24. The standard InChI is InChI=1S/C8H4F6O6S2/c9-7(10,11)21(15,16)19-5-2-1-3-6(4-5)20-22(17,18)8(12,13)14/h1-4H. The SMILES string of the molecule is O=S(=O)(Oc1cccc(OS(=O)(=O)C(F)(F)F)c1)C(F)(F)F. The molecule has 0 radical (unpaired) electrons. The fourth-order valence-corrected chi connectivity index (χ4v) is 1.83. The first-order valence-electron chi connectivity index (χ1n) is 4.77. The zero-order valence-corrected chi connectivity index (χ0v) is 11.5. The minimum absolute atomic E-state index is 0.229. The molecule has 0 unspecified atom stereocenters. The maximum atomic E-state index is 12.1. The summed E-state index contributed by atoms with van der Waals surface area (Å²) in [5.41, 5.74) is -11.6. The molecule has 0 bridgehead atoms. The molecule has 1 aromatic rings. The topological polar surface area (TPSA) is 86.7 Å². The second-order valence-corrected chi connectivity index (χ2v) is 6.52. The second kappa shape index (κ2) is 5.49. The number of halogens is 6. The fraction of sp³-hybridized carbons (Fsp3) is 0.250. The van der Waals surface area contributed by atoms with Crippen LogP contribution < -0.4 is 8.37 Å². The molecule has 1 aromatic carbocycles. The van der Waals surface area contributed by atoms with E-state index in [0.29, 0.717) is 12.1 Å². The molecule has 6 nitrogen and oxygen atoms in total. The molecule has 0 atom stereocenters. The molecule has 0 aliphatic carbocycles. The van der Waals surface area contributed by atoms with Crippen LogP contribution in [0.1, 0.15) is 0 Å². The van der Waals surface area contributed by atoms with Crippen molar-refractivity contribution in [3.8, 4) is 11.5 Å². The van der Waals surface area contributed by atoms with Gasteiger partial charge in [-0.25, -0.2) is 0 Å². The van der Waals surface area contributed by atoms with Gasteiger partial charge in [-0.05, 0) is 12.1 Å². The molecule has 1 rings (SSSR count). The quantitative estimate of drug-likeness (QED) is 0.456. The Morgan fingerprint density at radius 2 is 1.05 bits per heavy atom. The highest BCUT2D eigenvalue weighted by molar-refractivity contribution is 7.88. The van der Waals surface area contributed by atoms with Crippen LogP contribution in [0.5, 0.6) is 11.5 Å². The smallest absolute Gasteiger partial charge is 0.376 e. The third-order valence-corrected chi connectivity index (χ3v) is 3.74. The molecule has 22 heavy (non-hydrogen) atoms. The van der Waals surface area contributed by atoms with E-state index in [1.54, 1.807) is 0 Å². The molecule has 0 aliphatic rings. The predicted molar refractivity (Wildman–Crippen MR) is 57.6 cm³/mol. The van der Waals surface area contributed by atoms with Crippen molar-refractivity contribution < 1.29 is 51.5 Å². The molecule has 126 valence electrons. The third kappa shape index (κ3) is 4.16. The van der Waals surface area contributed by atoms with Crippen molar-refractivity contribution >= 4 is 20.2 Å². The van der Waals surface area contributed by atoms with Gasteiger partial charge in [-0.2, -0.15) is 43.2 Å². The molecule has 0 heterocycles. The van der Waals surface area contributed by atoms with Crippen LogP contribution in [-0.4, -0.2) is 27.9 Å². The Kier molecular flexibility index (Phi) is 4.58. The van der Waals surface area contributed by atoms with E-state index >= 15 is 0 Å². The predicted octanol–water partition coefficient (Wildman–Crippen LogP) is 2.14. The summed E-state index contributed by atoms with van der Waals surface area (Å²) in [6.07, 6.45) is 0. The monoisotopic (exact) mass is 374 g/mol. The van der Waals surface area contributed by atoms with E-state index < -0.39 is 42.8 Å². The molecule has 0 fully saturated rings. The normalized spacial score (nSPS) is 13.7. The summed E-state index contributed by atoms with van der Waals surface area (Å²) in [4.78, 5) is 0. The van der Waals surface area contributed by atoms with Gasteiger partial charge in [0.1, 0.15) is 11.5 Å². The Balaban J connectivity index is 3.08. The van der Waals surface area contributed by atoms with Crippen LogP contribution in [-0.2, 0) is 20.2 Å². The minimum Gasteiger partial charge on any atom is -0.376 e. The van der Waals surface area contributed by atoms with Crippen LogP contribution in [0.15, 0.2) is 24.3 Å². The van der Waals surface area contributed by atoms with E-state index in [9.17, 15) is 43.2 Å². The van der Waals surface area contributed by atoms with E-state index in [1.807, 2.05) is 0 Å². The molecule has 0 saturated heterocycles. The van der Waals surface area contributed by atoms with E-state index in [2.05, 4.69) is 8.37 Å². The van der Waals surface area contributed by atoms with Crippen LogP contribution in [0, 0.1) is 0 Å². The molecule has 0 aromatic heterocycles. The van der Waals surface area contributed by atoms with Crippen molar-refractivity contribution in [1.29, 1.82) is 0 Å². The number of rotatable bonds is 4. The second-order valence-electron chi connectivity index (χ2n) is 3.44. The molecular formula is C8H4F6O6S2. The van der Waals surface area contributed by atoms with Crippen molar-refractivity contribution in [2.45, 2.75) is 11.0 Å². The lowest BCUT2D eigenvalue weighted by Crippen LogP contribution is -2.28. The van der Waals surface area contributed by atoms with Gasteiger partial charge in [-0.3, -0.25) is 0 Å². The summed E-state index contributed by atoms with van der Waals surface area (Å²) < 4.78 is 122. The molecule has 0 N–H and O–H groups in total. The summed E-state index contributed by atoms with van der Waals surface area (Å²) in [6, 6.07) is 2.22. The average molecular weight is 374 g/mol. The maximum Gasteiger partial charge on any atom is 0.534 e. The zero-order chi connectivity index (χ0) is 17.4. The minimum atomic E-state index is -6.07. The Bertz CT molecular complexity index is 687. The van der Waals surface area contributed by atoms with Crippen LogP contribution in [0.4, 0.5) is 26.3 Å². The lowest BCUT2D eigenvalue weighted by atomic mass is 10.3. The first-order valence-corrected chi connectivity index (χ1v) is 7.59. The van der Waals surface area contributed by atoms with Crippen LogP contribution in [0.2, 0.25) is 0 Å². The highest BCUT2D eigenvalue weighted by Gasteiger charge is 2.49. The number of hydrogen-bond acceptors (Lipinski definition) is 6. The number of benzene rings is 1. The van der Waals surface area contributed by atoms with Gasteiger partial charge in [-0.15, -0.1) is 0 Å². The highest BCUT2D eigenvalue weighted by Crippen LogP contribution is 2.31. The van der Waals surface area contributed by atoms with Gasteiger partial charge >= 0.3 is 31.3 Å². The zero-order valence-electron chi connectivity index (χ0n) is 9.84. The summed E-state index contributed by atoms with van der Waals surface area (Å²) in [5.74, 6) is -2.18. The molecule has 14 heteroatoms. The lowest BCUT2D eigenvalue weighted by Gasteiger charge is -2.11. The van der Waals surface area contributed by atoms with E-state index in [0.717, 1.165) is 6.07 Å². The first kappa shape index (κ1) is 18.3. The van der Waals surface area contributed by atoms with Crippen molar-refractivity contribution in [3.63, 3.8) is 0 Å². The van der Waals surface area contributed by atoms with E-state index in [4.69, 9.17) is 0 Å². The number of alkyl halides is 6. The Morgan fingerprint density at radius 1 is 0.727 bits per heavy atom. The van der Waals surface area contributed by atoms with Crippen LogP contribution in [0.3, 0.4) is 0 Å². The summed E-state index contributed by atoms with van der Waals surface area (Å²) in [7, 11) is -12.1. The van der Waals surface area contributed by atoms with Gasteiger partial charge in [0, 0.05) is 6.07 Å². The summed E-state index contributed by atoms with van der Waals surface area (Å²) >= 11 is 0. The van der Waals surface area contributed by atoms with Crippen molar-refractivity contribution in [3.05, 3.63) is 24.3 Å². The summed E-state index contributed by atoms with van der Waals surface area (Å²) in [5, 5.41) is 0. The molecule has 0 aliphatic heterocycles. The van der Waals surface area contributed by atoms with E-state index in [1.165, 1.54) is 0 Å². The first-order chi connectivity index (χ1) is 9.66. The summed E-state index contributed by atoms with van der Waals surface area (Å²) in [6.45, 7) is 0. The van der Waals surface area contributed by atoms with Crippen molar-refractivity contribution in [2.75, 3.05) is 0 Å². The Morgan fingerprint density at radius 3 is 1.32 bits per heavy atom. The Labute approximate surface area is 119 Å². The van der Waals surface area contributed by atoms with Crippen LogP contribution >= 0.6 is 0 Å². The molecule has 0 amide bonds. The highest BCUT2D eigenvalue weighted by atomic mass is 32.2. The molecule has 0 spiro atoms. The van der Waals surface area contributed by atoms with Gasteiger partial charge in [0.15, 0.2) is 0 Å². The number of hydrogen-bond donors (Lipinski definition) is 0. The lowest BCUT2D eigenvalue weighted by molar-refractivity contribution is -0.0502. The maximum absolute atomic E-state index is 12.1. The van der Waals surface area contributed by atoms with Crippen molar-refractivity contribution in [2.24, 2.45) is 0 Å². The van der Waals surface area contributed by atoms with Gasteiger partial charge in [0.05, 0.1) is 0 Å². The largest absolute Gasteiger partial charge is 0.534 e. The van der Waals surface area contributed by atoms with Gasteiger partial charge in [0.2, 0.25) is 0 Å². The van der Waals surface area contributed by atoms with E-state index in [-0.39, 0.29) is 6.07 Å². The molecule has 0 saturated carbocycles. The van der Waals surface area contributed by atoms with Gasteiger partial charge in [0.25, 0.3) is 0 Å². The fourth-order valence-electron chi connectivity index (χ4n) is 0.926. The van der Waals surface area contributed by atoms with Crippen molar-refractivity contribution in [1.82, 2.24) is 0 Å².